The van der Waals surface area contributed by atoms with Crippen LogP contribution in [0.1, 0.15) is 65.1 Å². The first-order chi connectivity index (χ1) is 15.8. The molecular formula is C24H27N3O5S. The maximum atomic E-state index is 13.0. The third-order valence-corrected chi connectivity index (χ3v) is 6.20. The maximum absolute atomic E-state index is 13.0. The summed E-state index contributed by atoms with van der Waals surface area (Å²) in [6, 6.07) is 10.2. The number of ketones is 1. The highest BCUT2D eigenvalue weighted by Crippen LogP contribution is 2.20. The Kier molecular flexibility index (Phi) is 8.11. The number of unbranched alkanes of at least 4 members (excludes halogenated alkanes) is 2. The number of rotatable bonds is 10. The second kappa shape index (κ2) is 11.0. The second-order valence-electron chi connectivity index (χ2n) is 7.72. The normalized spacial score (nSPS) is 11.8. The van der Waals surface area contributed by atoms with Gasteiger partial charge in [-0.25, -0.2) is 9.48 Å². The van der Waals surface area contributed by atoms with Crippen LogP contribution in [0.15, 0.2) is 41.2 Å². The molecule has 3 aromatic rings. The Morgan fingerprint density at radius 3 is 2.55 bits per heavy atom. The molecule has 9 heteroatoms. The molecule has 1 unspecified atom stereocenters. The molecule has 2 aromatic heterocycles. The number of benzene rings is 1. The minimum atomic E-state index is -1.04. The van der Waals surface area contributed by atoms with Crippen LogP contribution < -0.4 is 10.9 Å². The number of hydrogen-bond acceptors (Lipinski definition) is 7. The first-order valence-corrected chi connectivity index (χ1v) is 11.7. The summed E-state index contributed by atoms with van der Waals surface area (Å²) in [5.74, 6) is -1.26. The van der Waals surface area contributed by atoms with Crippen molar-refractivity contribution in [1.82, 2.24) is 15.1 Å². The SMILES string of the molecule is CCCCCn1nc(C(=O)OC(C)C(=O)c2ccc(CNC(C)=O)s2)c2ccccc2c1=O. The van der Waals surface area contributed by atoms with E-state index in [-0.39, 0.29) is 22.9 Å². The van der Waals surface area contributed by atoms with Crippen molar-refractivity contribution in [3.05, 3.63) is 62.2 Å². The molecule has 0 saturated heterocycles. The zero-order valence-corrected chi connectivity index (χ0v) is 19.7. The number of hydrogen-bond donors (Lipinski definition) is 1. The average Bonchev–Trinajstić information content (AvgIpc) is 3.27. The molecule has 8 nitrogen and oxygen atoms in total. The van der Waals surface area contributed by atoms with Gasteiger partial charge >= 0.3 is 5.97 Å². The lowest BCUT2D eigenvalue weighted by molar-refractivity contribution is -0.119. The molecule has 0 radical (unpaired) electrons. The van der Waals surface area contributed by atoms with Crippen LogP contribution in [0.2, 0.25) is 0 Å². The number of carbonyl (C=O) groups excluding carboxylic acids is 3. The van der Waals surface area contributed by atoms with E-state index in [0.717, 1.165) is 24.1 Å². The number of esters is 1. The van der Waals surface area contributed by atoms with Gasteiger partial charge in [0.25, 0.3) is 5.56 Å². The molecule has 3 rings (SSSR count). The van der Waals surface area contributed by atoms with Crippen LogP contribution in [0.3, 0.4) is 0 Å². The molecule has 0 aliphatic heterocycles. The third kappa shape index (κ3) is 5.92. The lowest BCUT2D eigenvalue weighted by atomic mass is 10.1. The highest BCUT2D eigenvalue weighted by atomic mass is 32.1. The van der Waals surface area contributed by atoms with Gasteiger partial charge in [-0.3, -0.25) is 14.4 Å². The molecule has 33 heavy (non-hydrogen) atoms. The van der Waals surface area contributed by atoms with Crippen LogP contribution in [-0.2, 0) is 22.6 Å². The number of aromatic nitrogens is 2. The van der Waals surface area contributed by atoms with E-state index in [4.69, 9.17) is 4.74 Å². The number of nitrogens with zero attached hydrogens (tertiary/aromatic N) is 2. The summed E-state index contributed by atoms with van der Waals surface area (Å²) < 4.78 is 6.76. The molecule has 1 amide bonds. The zero-order valence-electron chi connectivity index (χ0n) is 18.9. The smallest absolute Gasteiger partial charge is 0.360 e. The van der Waals surface area contributed by atoms with E-state index in [9.17, 15) is 19.2 Å². The molecule has 174 valence electrons. The maximum Gasteiger partial charge on any atom is 0.360 e. The molecule has 1 aromatic carbocycles. The summed E-state index contributed by atoms with van der Waals surface area (Å²) in [5.41, 5.74) is -0.244. The van der Waals surface area contributed by atoms with Crippen molar-refractivity contribution >= 4 is 39.8 Å². The lowest BCUT2D eigenvalue weighted by Gasteiger charge is -2.14. The molecule has 0 bridgehead atoms. The Bertz CT molecular complexity index is 1230. The molecular weight excluding hydrogens is 442 g/mol. The number of nitrogens with one attached hydrogen (secondary N) is 1. The molecule has 1 atom stereocenters. The Morgan fingerprint density at radius 1 is 1.12 bits per heavy atom. The van der Waals surface area contributed by atoms with Crippen LogP contribution in [0, 0.1) is 0 Å². The molecule has 2 heterocycles. The van der Waals surface area contributed by atoms with Crippen LogP contribution in [-0.4, -0.2) is 33.5 Å². The number of carbonyl (C=O) groups is 3. The van der Waals surface area contributed by atoms with Gasteiger partial charge in [0.2, 0.25) is 11.7 Å². The van der Waals surface area contributed by atoms with Gasteiger partial charge in [0.05, 0.1) is 16.8 Å². The molecule has 1 N–H and O–H groups in total. The predicted octanol–water partition coefficient (Wildman–Crippen LogP) is 3.71. The first-order valence-electron chi connectivity index (χ1n) is 10.9. The van der Waals surface area contributed by atoms with Crippen molar-refractivity contribution in [1.29, 1.82) is 0 Å². The van der Waals surface area contributed by atoms with E-state index in [1.807, 2.05) is 0 Å². The summed E-state index contributed by atoms with van der Waals surface area (Å²) in [6.45, 7) is 5.72. The standard InChI is InChI=1S/C24H27N3O5S/c1-4-5-8-13-27-23(30)19-10-7-6-9-18(19)21(26-27)24(31)32-15(2)22(29)20-12-11-17(33-20)14-25-16(3)28/h6-7,9-12,15H,4-5,8,13-14H2,1-3H3,(H,25,28). The summed E-state index contributed by atoms with van der Waals surface area (Å²) in [6.07, 6.45) is 1.67. The molecule has 0 aliphatic carbocycles. The summed E-state index contributed by atoms with van der Waals surface area (Å²) >= 11 is 1.24. The van der Waals surface area contributed by atoms with Crippen molar-refractivity contribution in [2.24, 2.45) is 0 Å². The monoisotopic (exact) mass is 469 g/mol. The van der Waals surface area contributed by atoms with Gasteiger partial charge in [0.15, 0.2) is 11.8 Å². The highest BCUT2D eigenvalue weighted by Gasteiger charge is 2.25. The lowest BCUT2D eigenvalue weighted by Crippen LogP contribution is -2.29. The van der Waals surface area contributed by atoms with Crippen molar-refractivity contribution in [3.8, 4) is 0 Å². The fourth-order valence-corrected chi connectivity index (χ4v) is 4.30. The number of fused-ring (bicyclic) bond motifs is 1. The van der Waals surface area contributed by atoms with Gasteiger partial charge in [0.1, 0.15) is 0 Å². The second-order valence-corrected chi connectivity index (χ2v) is 8.89. The van der Waals surface area contributed by atoms with E-state index in [2.05, 4.69) is 17.3 Å². The minimum absolute atomic E-state index is 0.0128. The van der Waals surface area contributed by atoms with Crippen molar-refractivity contribution < 1.29 is 19.1 Å². The van der Waals surface area contributed by atoms with Crippen molar-refractivity contribution in [2.45, 2.75) is 59.2 Å². The number of aryl methyl sites for hydroxylation is 1. The van der Waals surface area contributed by atoms with Gasteiger partial charge in [-0.15, -0.1) is 11.3 Å². The molecule has 0 fully saturated rings. The van der Waals surface area contributed by atoms with Crippen LogP contribution >= 0.6 is 11.3 Å². The molecule has 0 aliphatic rings. The Morgan fingerprint density at radius 2 is 1.85 bits per heavy atom. The highest BCUT2D eigenvalue weighted by molar-refractivity contribution is 7.14. The van der Waals surface area contributed by atoms with Crippen LogP contribution in [0.5, 0.6) is 0 Å². The molecule has 0 spiro atoms. The van der Waals surface area contributed by atoms with Crippen LogP contribution in [0.4, 0.5) is 0 Å². The Labute approximate surface area is 195 Å². The number of amides is 1. The number of thiophene rings is 1. The van der Waals surface area contributed by atoms with Crippen LogP contribution in [0.25, 0.3) is 10.8 Å². The van der Waals surface area contributed by atoms with E-state index in [0.29, 0.717) is 28.7 Å². The minimum Gasteiger partial charge on any atom is -0.449 e. The fourth-order valence-electron chi connectivity index (χ4n) is 3.34. The van der Waals surface area contributed by atoms with Gasteiger partial charge in [-0.1, -0.05) is 38.0 Å². The van der Waals surface area contributed by atoms with Gasteiger partial charge in [0, 0.05) is 23.7 Å². The average molecular weight is 470 g/mol. The van der Waals surface area contributed by atoms with Gasteiger partial charge < -0.3 is 10.1 Å². The van der Waals surface area contributed by atoms with E-state index >= 15 is 0 Å². The largest absolute Gasteiger partial charge is 0.449 e. The third-order valence-electron chi connectivity index (χ3n) is 5.10. The topological polar surface area (TPSA) is 107 Å². The Hall–Kier alpha value is -3.33. The van der Waals surface area contributed by atoms with Crippen molar-refractivity contribution in [2.75, 3.05) is 0 Å². The Balaban J connectivity index is 1.81. The fraction of sp³-hybridized carbons (Fsp3) is 0.375. The summed E-state index contributed by atoms with van der Waals surface area (Å²) in [5, 5.41) is 7.74. The quantitative estimate of drug-likeness (QED) is 0.276. The molecule has 0 saturated carbocycles. The number of Topliss-reactive ketones (excluding diaryl/α,β-unsaturated/α-hetero) is 1. The van der Waals surface area contributed by atoms with Gasteiger partial charge in [-0.2, -0.15) is 5.10 Å². The van der Waals surface area contributed by atoms with Gasteiger partial charge in [-0.05, 0) is 31.5 Å². The zero-order chi connectivity index (χ0) is 24.0. The van der Waals surface area contributed by atoms with E-state index in [1.54, 1.807) is 36.4 Å². The summed E-state index contributed by atoms with van der Waals surface area (Å²) in [7, 11) is 0. The number of ether oxygens (including phenoxy) is 1. The first kappa shape index (κ1) is 24.3. The van der Waals surface area contributed by atoms with E-state index < -0.39 is 12.1 Å². The van der Waals surface area contributed by atoms with E-state index in [1.165, 1.54) is 29.9 Å². The van der Waals surface area contributed by atoms with Crippen molar-refractivity contribution in [3.63, 3.8) is 0 Å². The predicted molar refractivity (Wildman–Crippen MR) is 127 cm³/mol. The summed E-state index contributed by atoms with van der Waals surface area (Å²) in [4.78, 5) is 50.9.